The Bertz CT molecular complexity index is 438. The topological polar surface area (TPSA) is 41.1 Å². The Kier molecular flexibility index (Phi) is 3.09. The Morgan fingerprint density at radius 1 is 1.41 bits per heavy atom. The minimum atomic E-state index is -0.309. The second-order valence-corrected chi connectivity index (χ2v) is 5.17. The minimum Gasteiger partial charge on any atom is -0.385 e. The van der Waals surface area contributed by atoms with E-state index in [-0.39, 0.29) is 11.4 Å². The summed E-state index contributed by atoms with van der Waals surface area (Å²) in [6, 6.07) is 6.28. The Balaban J connectivity index is 2.41. The van der Waals surface area contributed by atoms with Crippen molar-refractivity contribution < 1.29 is 4.79 Å². The maximum absolute atomic E-state index is 11.3. The molecule has 3 nitrogen and oxygen atoms in total. The summed E-state index contributed by atoms with van der Waals surface area (Å²) in [7, 11) is 0. The van der Waals surface area contributed by atoms with Crippen LogP contribution in [-0.2, 0) is 16.8 Å². The maximum Gasteiger partial charge on any atom is 0.217 e. The molecule has 17 heavy (non-hydrogen) atoms. The average Bonchev–Trinajstić information content (AvgIpc) is 2.26. The molecular formula is C14H20N2O. The van der Waals surface area contributed by atoms with Gasteiger partial charge in [0.1, 0.15) is 0 Å². The summed E-state index contributed by atoms with van der Waals surface area (Å²) in [4.78, 5) is 11.3. The molecule has 3 heteroatoms. The molecule has 0 saturated carbocycles. The number of carbonyl (C=O) groups is 1. The van der Waals surface area contributed by atoms with Gasteiger partial charge >= 0.3 is 0 Å². The fourth-order valence-electron chi connectivity index (χ4n) is 2.60. The van der Waals surface area contributed by atoms with Crippen molar-refractivity contribution in [3.63, 3.8) is 0 Å². The van der Waals surface area contributed by atoms with Gasteiger partial charge in [-0.3, -0.25) is 4.79 Å². The first-order valence-electron chi connectivity index (χ1n) is 6.16. The van der Waals surface area contributed by atoms with Crippen molar-refractivity contribution in [3.05, 3.63) is 29.3 Å². The molecule has 92 valence electrons. The van der Waals surface area contributed by atoms with Gasteiger partial charge in [-0.1, -0.05) is 12.1 Å². The second-order valence-electron chi connectivity index (χ2n) is 5.17. The molecule has 0 saturated heterocycles. The Labute approximate surface area is 103 Å². The Hall–Kier alpha value is -1.51. The average molecular weight is 232 g/mol. The van der Waals surface area contributed by atoms with E-state index < -0.39 is 0 Å². The zero-order valence-corrected chi connectivity index (χ0v) is 10.8. The number of hydrogen-bond acceptors (Lipinski definition) is 2. The first-order valence-corrected chi connectivity index (χ1v) is 6.16. The van der Waals surface area contributed by atoms with E-state index in [9.17, 15) is 4.79 Å². The minimum absolute atomic E-state index is 0.0105. The van der Waals surface area contributed by atoms with Gasteiger partial charge in [-0.15, -0.1) is 0 Å². The summed E-state index contributed by atoms with van der Waals surface area (Å²) in [5, 5.41) is 6.43. The third-order valence-corrected chi connectivity index (χ3v) is 3.26. The van der Waals surface area contributed by atoms with Crippen LogP contribution < -0.4 is 10.6 Å². The number of rotatable bonds is 2. The smallest absolute Gasteiger partial charge is 0.217 e. The predicted octanol–water partition coefficient (Wildman–Crippen LogP) is 2.42. The van der Waals surface area contributed by atoms with Crippen LogP contribution in [0, 0.1) is 0 Å². The highest BCUT2D eigenvalue weighted by Gasteiger charge is 2.26. The molecule has 0 unspecified atom stereocenters. The number of anilines is 1. The van der Waals surface area contributed by atoms with Gasteiger partial charge in [-0.2, -0.15) is 0 Å². The van der Waals surface area contributed by atoms with E-state index in [2.05, 4.69) is 42.7 Å². The standard InChI is InChI=1S/C14H20N2O/c1-10(17)16-14(2,3)12-7-4-8-13-11(12)6-5-9-15-13/h4,7-8,15H,5-6,9H2,1-3H3,(H,16,17). The van der Waals surface area contributed by atoms with Crippen LogP contribution in [0.5, 0.6) is 0 Å². The van der Waals surface area contributed by atoms with Crippen LogP contribution in [0.2, 0.25) is 0 Å². The van der Waals surface area contributed by atoms with E-state index in [1.54, 1.807) is 6.92 Å². The predicted molar refractivity (Wildman–Crippen MR) is 70.1 cm³/mol. The highest BCUT2D eigenvalue weighted by Crippen LogP contribution is 2.32. The lowest BCUT2D eigenvalue weighted by atomic mass is 9.86. The SMILES string of the molecule is CC(=O)NC(C)(C)c1cccc2c1CCCN2. The molecule has 1 heterocycles. The molecule has 2 rings (SSSR count). The zero-order valence-electron chi connectivity index (χ0n) is 10.8. The van der Waals surface area contributed by atoms with Crippen LogP contribution in [-0.4, -0.2) is 12.5 Å². The van der Waals surface area contributed by atoms with Gasteiger partial charge in [-0.25, -0.2) is 0 Å². The maximum atomic E-state index is 11.3. The fourth-order valence-corrected chi connectivity index (χ4v) is 2.60. The van der Waals surface area contributed by atoms with E-state index in [4.69, 9.17) is 0 Å². The van der Waals surface area contributed by atoms with Gasteiger partial charge in [-0.05, 0) is 43.9 Å². The summed E-state index contributed by atoms with van der Waals surface area (Å²) < 4.78 is 0. The van der Waals surface area contributed by atoms with E-state index in [0.717, 1.165) is 19.4 Å². The van der Waals surface area contributed by atoms with Gasteiger partial charge in [0.15, 0.2) is 0 Å². The molecule has 0 radical (unpaired) electrons. The van der Waals surface area contributed by atoms with Crippen molar-refractivity contribution in [2.45, 2.75) is 39.2 Å². The van der Waals surface area contributed by atoms with Crippen LogP contribution in [0.3, 0.4) is 0 Å². The molecule has 1 amide bonds. The van der Waals surface area contributed by atoms with Gasteiger partial charge in [0.25, 0.3) is 0 Å². The Morgan fingerprint density at radius 3 is 2.88 bits per heavy atom. The largest absolute Gasteiger partial charge is 0.385 e. The van der Waals surface area contributed by atoms with E-state index in [1.807, 2.05) is 0 Å². The quantitative estimate of drug-likeness (QED) is 0.822. The molecule has 1 aromatic carbocycles. The van der Waals surface area contributed by atoms with E-state index in [0.29, 0.717) is 0 Å². The highest BCUT2D eigenvalue weighted by molar-refractivity contribution is 5.74. The van der Waals surface area contributed by atoms with Crippen molar-refractivity contribution in [3.8, 4) is 0 Å². The molecular weight excluding hydrogens is 212 g/mol. The lowest BCUT2D eigenvalue weighted by molar-refractivity contribution is -0.120. The molecule has 0 aliphatic carbocycles. The molecule has 0 spiro atoms. The van der Waals surface area contributed by atoms with Gasteiger partial charge < -0.3 is 10.6 Å². The van der Waals surface area contributed by atoms with Crippen LogP contribution in [0.1, 0.15) is 38.3 Å². The third-order valence-electron chi connectivity index (χ3n) is 3.26. The number of amides is 1. The lowest BCUT2D eigenvalue weighted by Crippen LogP contribution is -2.40. The Morgan fingerprint density at radius 2 is 2.18 bits per heavy atom. The van der Waals surface area contributed by atoms with Crippen LogP contribution in [0.15, 0.2) is 18.2 Å². The molecule has 1 aromatic rings. The summed E-state index contributed by atoms with van der Waals surface area (Å²) in [5.41, 5.74) is 3.47. The van der Waals surface area contributed by atoms with Crippen molar-refractivity contribution >= 4 is 11.6 Å². The number of nitrogens with one attached hydrogen (secondary N) is 2. The van der Waals surface area contributed by atoms with Crippen LogP contribution >= 0.6 is 0 Å². The lowest BCUT2D eigenvalue weighted by Gasteiger charge is -2.31. The monoisotopic (exact) mass is 232 g/mol. The second kappa shape index (κ2) is 4.40. The van der Waals surface area contributed by atoms with Crippen LogP contribution in [0.4, 0.5) is 5.69 Å². The van der Waals surface area contributed by atoms with Crippen molar-refractivity contribution in [1.82, 2.24) is 5.32 Å². The number of carbonyl (C=O) groups excluding carboxylic acids is 1. The number of benzene rings is 1. The summed E-state index contributed by atoms with van der Waals surface area (Å²) >= 11 is 0. The number of fused-ring (bicyclic) bond motifs is 1. The van der Waals surface area contributed by atoms with E-state index in [1.165, 1.54) is 16.8 Å². The molecule has 0 atom stereocenters. The fraction of sp³-hybridized carbons (Fsp3) is 0.500. The summed E-state index contributed by atoms with van der Waals surface area (Å²) in [5.74, 6) is 0.0105. The molecule has 2 N–H and O–H groups in total. The molecule has 0 fully saturated rings. The van der Waals surface area contributed by atoms with Crippen molar-refractivity contribution in [1.29, 1.82) is 0 Å². The van der Waals surface area contributed by atoms with E-state index >= 15 is 0 Å². The third kappa shape index (κ3) is 2.43. The molecule has 0 bridgehead atoms. The molecule has 0 aromatic heterocycles. The van der Waals surface area contributed by atoms with Crippen LogP contribution in [0.25, 0.3) is 0 Å². The van der Waals surface area contributed by atoms with Gasteiger partial charge in [0.2, 0.25) is 5.91 Å². The normalized spacial score (nSPS) is 14.8. The van der Waals surface area contributed by atoms with Crippen molar-refractivity contribution in [2.75, 3.05) is 11.9 Å². The number of hydrogen-bond donors (Lipinski definition) is 2. The van der Waals surface area contributed by atoms with Gasteiger partial charge in [0, 0.05) is 19.2 Å². The summed E-state index contributed by atoms with van der Waals surface area (Å²) in [6.45, 7) is 6.71. The first kappa shape index (κ1) is 12.0. The zero-order chi connectivity index (χ0) is 12.5. The first-order chi connectivity index (χ1) is 8.00. The molecule has 1 aliphatic heterocycles. The van der Waals surface area contributed by atoms with Crippen molar-refractivity contribution in [2.24, 2.45) is 0 Å². The summed E-state index contributed by atoms with van der Waals surface area (Å²) in [6.07, 6.45) is 2.24. The molecule has 1 aliphatic rings. The van der Waals surface area contributed by atoms with Gasteiger partial charge in [0.05, 0.1) is 5.54 Å². The highest BCUT2D eigenvalue weighted by atomic mass is 16.1.